The second-order valence-electron chi connectivity index (χ2n) is 5.07. The molecule has 120 valence electrons. The molecular weight excluding hydrogens is 360 g/mol. The van der Waals surface area contributed by atoms with E-state index in [1.807, 2.05) is 32.0 Å². The summed E-state index contributed by atoms with van der Waals surface area (Å²) in [5.74, 6) is -0.173. The van der Waals surface area contributed by atoms with E-state index < -0.39 is 11.8 Å². The van der Waals surface area contributed by atoms with E-state index in [-0.39, 0.29) is 6.61 Å². The van der Waals surface area contributed by atoms with Gasteiger partial charge in [0.2, 0.25) is 0 Å². The smallest absolute Gasteiger partial charge is 0.276 e. The highest BCUT2D eigenvalue weighted by Gasteiger charge is 2.08. The number of nitrogens with one attached hydrogen (secondary N) is 2. The van der Waals surface area contributed by atoms with Crippen molar-refractivity contribution in [2.24, 2.45) is 0 Å². The highest BCUT2D eigenvalue weighted by molar-refractivity contribution is 9.10. The summed E-state index contributed by atoms with van der Waals surface area (Å²) in [6, 6.07) is 12.6. The minimum atomic E-state index is -0.434. The number of hydrazine groups is 1. The van der Waals surface area contributed by atoms with Crippen LogP contribution in [0.2, 0.25) is 0 Å². The van der Waals surface area contributed by atoms with Gasteiger partial charge in [-0.1, -0.05) is 28.1 Å². The van der Waals surface area contributed by atoms with Crippen molar-refractivity contribution in [3.8, 4) is 5.75 Å². The van der Waals surface area contributed by atoms with Crippen molar-refractivity contribution in [1.82, 2.24) is 10.9 Å². The second-order valence-corrected chi connectivity index (χ2v) is 5.98. The number of aryl methyl sites for hydroxylation is 2. The van der Waals surface area contributed by atoms with Crippen LogP contribution >= 0.6 is 15.9 Å². The molecule has 0 heterocycles. The zero-order valence-corrected chi connectivity index (χ0v) is 14.4. The summed E-state index contributed by atoms with van der Waals surface area (Å²) in [6.45, 7) is 3.68. The molecular formula is C17H17BrN2O3. The summed E-state index contributed by atoms with van der Waals surface area (Å²) in [6.07, 6.45) is 0. The van der Waals surface area contributed by atoms with Crippen LogP contribution in [0.15, 0.2) is 46.9 Å². The Morgan fingerprint density at radius 1 is 1.04 bits per heavy atom. The first-order valence-corrected chi connectivity index (χ1v) is 7.80. The SMILES string of the molecule is Cc1ccc(C)c(OCC(=O)NNC(=O)c2ccc(Br)cc2)c1. The number of carbonyl (C=O) groups is 2. The van der Waals surface area contributed by atoms with Gasteiger partial charge in [-0.05, 0) is 55.3 Å². The van der Waals surface area contributed by atoms with Gasteiger partial charge in [0.1, 0.15) is 5.75 Å². The molecule has 0 saturated heterocycles. The fourth-order valence-corrected chi connectivity index (χ4v) is 2.11. The van der Waals surface area contributed by atoms with Crippen molar-refractivity contribution in [3.63, 3.8) is 0 Å². The van der Waals surface area contributed by atoms with Crippen molar-refractivity contribution in [3.05, 3.63) is 63.6 Å². The van der Waals surface area contributed by atoms with Crippen molar-refractivity contribution < 1.29 is 14.3 Å². The standard InChI is InChI=1S/C17H17BrN2O3/c1-11-3-4-12(2)15(9-11)23-10-16(21)19-20-17(22)13-5-7-14(18)8-6-13/h3-9H,10H2,1-2H3,(H,19,21)(H,20,22). The molecule has 0 saturated carbocycles. The largest absolute Gasteiger partial charge is 0.483 e. The third-order valence-corrected chi connectivity index (χ3v) is 3.65. The number of hydrogen-bond acceptors (Lipinski definition) is 3. The molecule has 0 radical (unpaired) electrons. The van der Waals surface area contributed by atoms with Gasteiger partial charge in [0.25, 0.3) is 11.8 Å². The number of carbonyl (C=O) groups excluding carboxylic acids is 2. The molecule has 2 N–H and O–H groups in total. The van der Waals surface area contributed by atoms with Crippen LogP contribution in [0.4, 0.5) is 0 Å². The van der Waals surface area contributed by atoms with Crippen LogP contribution in [0, 0.1) is 13.8 Å². The van der Waals surface area contributed by atoms with Gasteiger partial charge in [-0.3, -0.25) is 20.4 Å². The molecule has 0 aliphatic carbocycles. The van der Waals surface area contributed by atoms with Crippen LogP contribution in [-0.2, 0) is 4.79 Å². The Hall–Kier alpha value is -2.34. The van der Waals surface area contributed by atoms with E-state index in [0.29, 0.717) is 11.3 Å². The number of hydrogen-bond donors (Lipinski definition) is 2. The van der Waals surface area contributed by atoms with Crippen molar-refractivity contribution in [2.75, 3.05) is 6.61 Å². The Bertz CT molecular complexity index is 714. The molecule has 2 rings (SSSR count). The van der Waals surface area contributed by atoms with Crippen LogP contribution in [0.25, 0.3) is 0 Å². The van der Waals surface area contributed by atoms with Crippen LogP contribution in [0.3, 0.4) is 0 Å². The maximum absolute atomic E-state index is 11.9. The molecule has 0 aliphatic rings. The van der Waals surface area contributed by atoms with Crippen LogP contribution in [0.5, 0.6) is 5.75 Å². The van der Waals surface area contributed by atoms with E-state index in [2.05, 4.69) is 26.8 Å². The molecule has 0 aliphatic heterocycles. The lowest BCUT2D eigenvalue weighted by molar-refractivity contribution is -0.123. The highest BCUT2D eigenvalue weighted by Crippen LogP contribution is 2.18. The third kappa shape index (κ3) is 5.10. The third-order valence-electron chi connectivity index (χ3n) is 3.12. The molecule has 0 atom stereocenters. The molecule has 0 spiro atoms. The Kier molecular flexibility index (Phi) is 5.76. The van der Waals surface area contributed by atoms with E-state index in [1.54, 1.807) is 24.3 Å². The lowest BCUT2D eigenvalue weighted by Crippen LogP contribution is -2.43. The number of amides is 2. The fourth-order valence-electron chi connectivity index (χ4n) is 1.84. The van der Waals surface area contributed by atoms with E-state index in [1.165, 1.54) is 0 Å². The van der Waals surface area contributed by atoms with Gasteiger partial charge in [-0.15, -0.1) is 0 Å². The van der Waals surface area contributed by atoms with Gasteiger partial charge in [0.15, 0.2) is 6.61 Å². The highest BCUT2D eigenvalue weighted by atomic mass is 79.9. The molecule has 2 amide bonds. The molecule has 0 aromatic heterocycles. The van der Waals surface area contributed by atoms with Crippen molar-refractivity contribution in [2.45, 2.75) is 13.8 Å². The lowest BCUT2D eigenvalue weighted by Gasteiger charge is -2.11. The minimum Gasteiger partial charge on any atom is -0.483 e. The topological polar surface area (TPSA) is 67.4 Å². The zero-order chi connectivity index (χ0) is 16.8. The average Bonchev–Trinajstić information content (AvgIpc) is 2.54. The van der Waals surface area contributed by atoms with Gasteiger partial charge < -0.3 is 4.74 Å². The monoisotopic (exact) mass is 376 g/mol. The Morgan fingerprint density at radius 2 is 1.74 bits per heavy atom. The predicted octanol–water partition coefficient (Wildman–Crippen LogP) is 2.91. The summed E-state index contributed by atoms with van der Waals surface area (Å²) >= 11 is 3.29. The van der Waals surface area contributed by atoms with E-state index >= 15 is 0 Å². The van der Waals surface area contributed by atoms with Crippen LogP contribution in [-0.4, -0.2) is 18.4 Å². The van der Waals surface area contributed by atoms with Gasteiger partial charge >= 0.3 is 0 Å². The first-order valence-electron chi connectivity index (χ1n) is 7.00. The Morgan fingerprint density at radius 3 is 2.43 bits per heavy atom. The first-order chi connectivity index (χ1) is 11.0. The molecule has 0 bridgehead atoms. The second kappa shape index (κ2) is 7.78. The zero-order valence-electron chi connectivity index (χ0n) is 12.9. The van der Waals surface area contributed by atoms with E-state index in [4.69, 9.17) is 4.74 Å². The van der Waals surface area contributed by atoms with Crippen molar-refractivity contribution >= 4 is 27.7 Å². The van der Waals surface area contributed by atoms with E-state index in [0.717, 1.165) is 15.6 Å². The van der Waals surface area contributed by atoms with Crippen LogP contribution < -0.4 is 15.6 Å². The molecule has 2 aromatic rings. The lowest BCUT2D eigenvalue weighted by atomic mass is 10.1. The van der Waals surface area contributed by atoms with Gasteiger partial charge in [0, 0.05) is 10.0 Å². The summed E-state index contributed by atoms with van der Waals surface area (Å²) in [4.78, 5) is 23.6. The van der Waals surface area contributed by atoms with Gasteiger partial charge in [-0.25, -0.2) is 0 Å². The molecule has 23 heavy (non-hydrogen) atoms. The average molecular weight is 377 g/mol. The summed E-state index contributed by atoms with van der Waals surface area (Å²) in [5, 5.41) is 0. The number of ether oxygens (including phenoxy) is 1. The first kappa shape index (κ1) is 17.0. The van der Waals surface area contributed by atoms with Crippen LogP contribution in [0.1, 0.15) is 21.5 Å². The fraction of sp³-hybridized carbons (Fsp3) is 0.176. The Balaban J connectivity index is 1.82. The summed E-state index contributed by atoms with van der Waals surface area (Å²) in [7, 11) is 0. The van der Waals surface area contributed by atoms with E-state index in [9.17, 15) is 9.59 Å². The van der Waals surface area contributed by atoms with Gasteiger partial charge in [0.05, 0.1) is 0 Å². The number of rotatable bonds is 4. The quantitative estimate of drug-likeness (QED) is 0.806. The summed E-state index contributed by atoms with van der Waals surface area (Å²) in [5.41, 5.74) is 7.12. The predicted molar refractivity (Wildman–Crippen MR) is 91.2 cm³/mol. The Labute approximate surface area is 143 Å². The molecule has 0 unspecified atom stereocenters. The summed E-state index contributed by atoms with van der Waals surface area (Å²) < 4.78 is 6.34. The molecule has 5 nitrogen and oxygen atoms in total. The number of halogens is 1. The van der Waals surface area contributed by atoms with Gasteiger partial charge in [-0.2, -0.15) is 0 Å². The van der Waals surface area contributed by atoms with Crippen molar-refractivity contribution in [1.29, 1.82) is 0 Å². The molecule has 2 aromatic carbocycles. The number of benzene rings is 2. The normalized spacial score (nSPS) is 10.0. The maximum Gasteiger partial charge on any atom is 0.276 e. The minimum absolute atomic E-state index is 0.176. The molecule has 6 heteroatoms. The molecule has 0 fully saturated rings. The maximum atomic E-state index is 11.9.